The molecule has 1 aliphatic rings. The summed E-state index contributed by atoms with van der Waals surface area (Å²) >= 11 is 1.25. The maximum Gasteiger partial charge on any atom is 0.309 e. The molecule has 12 heteroatoms. The Hall–Kier alpha value is -2.31. The highest BCUT2D eigenvalue weighted by atomic mass is 32.2. The fourth-order valence-electron chi connectivity index (χ4n) is 2.96. The van der Waals surface area contributed by atoms with Crippen LogP contribution in [0.5, 0.6) is 0 Å². The number of sulfonamides is 1. The summed E-state index contributed by atoms with van der Waals surface area (Å²) in [4.78, 5) is 31.6. The molecule has 1 amide bonds. The van der Waals surface area contributed by atoms with Crippen molar-refractivity contribution in [3.63, 3.8) is 0 Å². The van der Waals surface area contributed by atoms with Gasteiger partial charge in [-0.2, -0.15) is 4.31 Å². The normalized spacial score (nSPS) is 16.0. The topological polar surface area (TPSA) is 123 Å². The largest absolute Gasteiger partial charge is 0.459 e. The summed E-state index contributed by atoms with van der Waals surface area (Å²) in [7, 11) is -1.93. The molecule has 0 aromatic carbocycles. The van der Waals surface area contributed by atoms with Crippen LogP contribution in [0.15, 0.2) is 16.6 Å². The van der Waals surface area contributed by atoms with E-state index >= 15 is 0 Å². The summed E-state index contributed by atoms with van der Waals surface area (Å²) < 4.78 is 33.8. The third kappa shape index (κ3) is 5.00. The van der Waals surface area contributed by atoms with Crippen LogP contribution in [0, 0.1) is 12.8 Å². The van der Waals surface area contributed by atoms with E-state index in [2.05, 4.69) is 15.3 Å². The van der Waals surface area contributed by atoms with E-state index in [9.17, 15) is 18.0 Å². The Labute approximate surface area is 173 Å². The molecule has 1 N–H and O–H groups in total. The smallest absolute Gasteiger partial charge is 0.309 e. The van der Waals surface area contributed by atoms with E-state index in [1.165, 1.54) is 28.8 Å². The van der Waals surface area contributed by atoms with Gasteiger partial charge < -0.3 is 14.6 Å². The number of esters is 1. The van der Waals surface area contributed by atoms with Crippen molar-refractivity contribution in [1.82, 2.24) is 18.8 Å². The summed E-state index contributed by atoms with van der Waals surface area (Å²) in [6, 6.07) is 0. The van der Waals surface area contributed by atoms with Crippen molar-refractivity contribution in [2.75, 3.05) is 18.4 Å². The number of ether oxygens (including phenoxy) is 1. The van der Waals surface area contributed by atoms with Gasteiger partial charge in [0.05, 0.1) is 11.6 Å². The van der Waals surface area contributed by atoms with Gasteiger partial charge in [-0.05, 0) is 19.8 Å². The Morgan fingerprint density at radius 2 is 2.00 bits per heavy atom. The second-order valence-electron chi connectivity index (χ2n) is 6.85. The number of rotatable bonds is 6. The summed E-state index contributed by atoms with van der Waals surface area (Å²) in [6.07, 6.45) is 2.27. The number of nitrogens with zero attached hydrogens (tertiary/aromatic N) is 4. The third-order valence-electron chi connectivity index (χ3n) is 4.68. The fraction of sp³-hybridized carbons (Fsp3) is 0.529. The van der Waals surface area contributed by atoms with Crippen LogP contribution in [-0.4, -0.2) is 52.2 Å². The molecule has 1 aliphatic heterocycles. The predicted molar refractivity (Wildman–Crippen MR) is 106 cm³/mol. The van der Waals surface area contributed by atoms with Crippen molar-refractivity contribution in [1.29, 1.82) is 0 Å². The lowest BCUT2D eigenvalue weighted by atomic mass is 9.98. The summed E-state index contributed by atoms with van der Waals surface area (Å²) in [6.45, 7) is 3.62. The van der Waals surface area contributed by atoms with Gasteiger partial charge in [-0.3, -0.25) is 9.59 Å². The maximum atomic E-state index is 12.7. The Morgan fingerprint density at radius 1 is 1.31 bits per heavy atom. The van der Waals surface area contributed by atoms with Crippen LogP contribution in [0.3, 0.4) is 0 Å². The van der Waals surface area contributed by atoms with Crippen LogP contribution in [0.1, 0.15) is 31.3 Å². The second kappa shape index (κ2) is 8.59. The van der Waals surface area contributed by atoms with Gasteiger partial charge in [-0.15, -0.1) is 11.3 Å². The number of thiazole rings is 1. The molecule has 0 saturated carbocycles. The van der Waals surface area contributed by atoms with E-state index in [0.717, 1.165) is 0 Å². The molecule has 2 aromatic heterocycles. The zero-order chi connectivity index (χ0) is 21.2. The number of aryl methyl sites for hydroxylation is 2. The molecule has 10 nitrogen and oxygen atoms in total. The van der Waals surface area contributed by atoms with Gasteiger partial charge in [0.25, 0.3) is 10.0 Å². The van der Waals surface area contributed by atoms with Crippen LogP contribution >= 0.6 is 11.3 Å². The molecular weight excluding hydrogens is 418 g/mol. The average Bonchev–Trinajstić information content (AvgIpc) is 3.26. The molecule has 158 valence electrons. The Kier molecular flexibility index (Phi) is 6.34. The van der Waals surface area contributed by atoms with Crippen molar-refractivity contribution >= 4 is 38.4 Å². The van der Waals surface area contributed by atoms with Crippen LogP contribution in [0.4, 0.5) is 5.13 Å². The lowest BCUT2D eigenvalue weighted by Crippen LogP contribution is -2.40. The molecule has 0 atom stereocenters. The van der Waals surface area contributed by atoms with Gasteiger partial charge in [-0.25, -0.2) is 18.4 Å². The highest BCUT2D eigenvalue weighted by molar-refractivity contribution is 7.89. The summed E-state index contributed by atoms with van der Waals surface area (Å²) in [5.41, 5.74) is 0.553. The first-order valence-corrected chi connectivity index (χ1v) is 11.4. The third-order valence-corrected chi connectivity index (χ3v) is 7.25. The second-order valence-corrected chi connectivity index (χ2v) is 9.59. The molecule has 1 fully saturated rings. The van der Waals surface area contributed by atoms with Crippen LogP contribution in [0.2, 0.25) is 0 Å². The highest BCUT2D eigenvalue weighted by Gasteiger charge is 2.34. The lowest BCUT2D eigenvalue weighted by molar-refractivity contribution is -0.151. The van der Waals surface area contributed by atoms with E-state index < -0.39 is 10.0 Å². The van der Waals surface area contributed by atoms with Gasteiger partial charge >= 0.3 is 5.97 Å². The molecule has 0 radical (unpaired) electrons. The van der Waals surface area contributed by atoms with Gasteiger partial charge in [0, 0.05) is 38.6 Å². The number of anilines is 1. The fourth-order valence-corrected chi connectivity index (χ4v) is 5.19. The molecule has 3 rings (SSSR count). The van der Waals surface area contributed by atoms with E-state index in [1.54, 1.807) is 23.9 Å². The molecule has 0 unspecified atom stereocenters. The van der Waals surface area contributed by atoms with Gasteiger partial charge in [0.15, 0.2) is 10.2 Å². The Bertz CT molecular complexity index is 986. The van der Waals surface area contributed by atoms with Crippen molar-refractivity contribution in [3.8, 4) is 0 Å². The SMILES string of the molecule is CC(=O)Nc1nc(COC(=O)C2CCN(S(=O)(=O)c3cn(C)c(C)n3)CC2)cs1. The van der Waals surface area contributed by atoms with Gasteiger partial charge in [0.1, 0.15) is 12.4 Å². The van der Waals surface area contributed by atoms with Gasteiger partial charge in [0.2, 0.25) is 5.91 Å². The van der Waals surface area contributed by atoms with Crippen molar-refractivity contribution in [3.05, 3.63) is 23.1 Å². The van der Waals surface area contributed by atoms with E-state index in [1.807, 2.05) is 0 Å². The minimum Gasteiger partial charge on any atom is -0.459 e. The molecule has 0 spiro atoms. The molecule has 0 bridgehead atoms. The molecule has 3 heterocycles. The summed E-state index contributed by atoms with van der Waals surface area (Å²) in [5.74, 6) is -0.332. The highest BCUT2D eigenvalue weighted by Crippen LogP contribution is 2.25. The first-order valence-electron chi connectivity index (χ1n) is 9.05. The first kappa shape index (κ1) is 21.4. The predicted octanol–water partition coefficient (Wildman–Crippen LogP) is 1.29. The maximum absolute atomic E-state index is 12.7. The average molecular weight is 442 g/mol. The van der Waals surface area contributed by atoms with Crippen molar-refractivity contribution in [2.45, 2.75) is 38.3 Å². The Balaban J connectivity index is 1.51. The number of hydrogen-bond donors (Lipinski definition) is 1. The number of amides is 1. The monoisotopic (exact) mass is 441 g/mol. The molecule has 2 aromatic rings. The lowest BCUT2D eigenvalue weighted by Gasteiger charge is -2.29. The zero-order valence-corrected chi connectivity index (χ0v) is 18.0. The minimum absolute atomic E-state index is 0.0145. The van der Waals surface area contributed by atoms with Crippen LogP contribution < -0.4 is 5.32 Å². The standard InChI is InChI=1S/C17H23N5O5S2/c1-11-18-15(8-21(11)3)29(25,26)22-6-4-13(5-7-22)16(24)27-9-14-10-28-17(20-14)19-12(2)23/h8,10,13H,4-7,9H2,1-3H3,(H,19,20,23). The summed E-state index contributed by atoms with van der Waals surface area (Å²) in [5, 5.41) is 4.76. The van der Waals surface area contributed by atoms with E-state index in [-0.39, 0.29) is 42.5 Å². The number of aromatic nitrogens is 3. The number of nitrogens with one attached hydrogen (secondary N) is 1. The molecule has 29 heavy (non-hydrogen) atoms. The minimum atomic E-state index is -3.67. The van der Waals surface area contributed by atoms with Crippen molar-refractivity contribution in [2.24, 2.45) is 13.0 Å². The number of carbonyl (C=O) groups is 2. The first-order chi connectivity index (χ1) is 13.7. The molecule has 0 aliphatic carbocycles. The number of carbonyl (C=O) groups excluding carboxylic acids is 2. The van der Waals surface area contributed by atoms with E-state index in [4.69, 9.17) is 4.74 Å². The van der Waals surface area contributed by atoms with Gasteiger partial charge in [-0.1, -0.05) is 0 Å². The van der Waals surface area contributed by atoms with Crippen LogP contribution in [0.25, 0.3) is 0 Å². The Morgan fingerprint density at radius 3 is 2.59 bits per heavy atom. The molecular formula is C17H23N5O5S2. The molecule has 1 saturated heterocycles. The van der Waals surface area contributed by atoms with E-state index in [0.29, 0.717) is 29.5 Å². The van der Waals surface area contributed by atoms with Crippen LogP contribution in [-0.2, 0) is 38.0 Å². The number of imidazole rings is 1. The van der Waals surface area contributed by atoms with Crippen molar-refractivity contribution < 1.29 is 22.7 Å². The number of hydrogen-bond acceptors (Lipinski definition) is 8. The quantitative estimate of drug-likeness (QED) is 0.670. The zero-order valence-electron chi connectivity index (χ0n) is 16.4. The number of piperidine rings is 1.